The second kappa shape index (κ2) is 4.35. The molecule has 0 aliphatic carbocycles. The van der Waals surface area contributed by atoms with Crippen molar-refractivity contribution in [1.29, 1.82) is 5.26 Å². The molecule has 1 N–H and O–H groups in total. The average Bonchev–Trinajstić information content (AvgIpc) is 2.74. The first-order chi connectivity index (χ1) is 8.03. The van der Waals surface area contributed by atoms with Crippen LogP contribution in [0.25, 0.3) is 10.1 Å². The molecule has 0 aliphatic rings. The fourth-order valence-electron chi connectivity index (χ4n) is 1.35. The molecule has 1 heterocycles. The summed E-state index contributed by atoms with van der Waals surface area (Å²) in [7, 11) is -3.62. The number of benzene rings is 1. The maximum Gasteiger partial charge on any atom is 0.248 e. The van der Waals surface area contributed by atoms with Gasteiger partial charge in [0.15, 0.2) is 5.25 Å². The van der Waals surface area contributed by atoms with E-state index in [0.717, 1.165) is 10.1 Å². The van der Waals surface area contributed by atoms with E-state index in [-0.39, 0.29) is 0 Å². The number of thiophene rings is 1. The lowest BCUT2D eigenvalue weighted by molar-refractivity contribution is 0.597. The van der Waals surface area contributed by atoms with E-state index in [1.54, 1.807) is 29.5 Å². The topological polar surface area (TPSA) is 70.0 Å². The summed E-state index contributed by atoms with van der Waals surface area (Å²) in [4.78, 5) is 0. The van der Waals surface area contributed by atoms with Crippen molar-refractivity contribution in [3.8, 4) is 6.07 Å². The van der Waals surface area contributed by atoms with Crippen molar-refractivity contribution in [3.63, 3.8) is 0 Å². The highest BCUT2D eigenvalue weighted by molar-refractivity contribution is 7.93. The zero-order valence-electron chi connectivity index (χ0n) is 9.04. The number of nitriles is 1. The van der Waals surface area contributed by atoms with Crippen LogP contribution in [0.3, 0.4) is 0 Å². The maximum absolute atomic E-state index is 11.7. The van der Waals surface area contributed by atoms with Crippen LogP contribution in [-0.2, 0) is 10.0 Å². The predicted molar refractivity (Wildman–Crippen MR) is 69.4 cm³/mol. The van der Waals surface area contributed by atoms with Gasteiger partial charge in [-0.25, -0.2) is 8.42 Å². The van der Waals surface area contributed by atoms with Crippen molar-refractivity contribution < 1.29 is 8.42 Å². The summed E-state index contributed by atoms with van der Waals surface area (Å²) < 4.78 is 26.9. The SMILES string of the molecule is CC(C#N)S(=O)(=O)Nc1ccc2sccc2c1. The van der Waals surface area contributed by atoms with Crippen LogP contribution >= 0.6 is 11.3 Å². The van der Waals surface area contributed by atoms with E-state index in [1.165, 1.54) is 6.92 Å². The van der Waals surface area contributed by atoms with Crippen LogP contribution in [0.15, 0.2) is 29.6 Å². The minimum absolute atomic E-state index is 0.484. The zero-order chi connectivity index (χ0) is 12.5. The van der Waals surface area contributed by atoms with E-state index < -0.39 is 15.3 Å². The third kappa shape index (κ3) is 2.40. The van der Waals surface area contributed by atoms with Gasteiger partial charge in [0.2, 0.25) is 10.0 Å². The molecule has 17 heavy (non-hydrogen) atoms. The molecule has 0 aliphatic heterocycles. The molecule has 88 valence electrons. The molecule has 0 saturated heterocycles. The largest absolute Gasteiger partial charge is 0.282 e. The van der Waals surface area contributed by atoms with E-state index in [0.29, 0.717) is 5.69 Å². The number of sulfonamides is 1. The summed E-state index contributed by atoms with van der Waals surface area (Å²) in [5, 5.41) is 10.5. The van der Waals surface area contributed by atoms with Gasteiger partial charge in [0.05, 0.1) is 6.07 Å². The molecule has 1 unspecified atom stereocenters. The van der Waals surface area contributed by atoms with Gasteiger partial charge in [-0.15, -0.1) is 11.3 Å². The Morgan fingerprint density at radius 3 is 2.88 bits per heavy atom. The van der Waals surface area contributed by atoms with Crippen molar-refractivity contribution in [2.24, 2.45) is 0 Å². The van der Waals surface area contributed by atoms with Gasteiger partial charge in [0.1, 0.15) is 0 Å². The Morgan fingerprint density at radius 1 is 1.41 bits per heavy atom. The average molecular weight is 266 g/mol. The van der Waals surface area contributed by atoms with Gasteiger partial charge in [-0.1, -0.05) is 0 Å². The smallest absolute Gasteiger partial charge is 0.248 e. The van der Waals surface area contributed by atoms with Crippen molar-refractivity contribution in [2.45, 2.75) is 12.2 Å². The minimum Gasteiger partial charge on any atom is -0.282 e. The summed E-state index contributed by atoms with van der Waals surface area (Å²) in [6, 6.07) is 8.94. The molecule has 6 heteroatoms. The summed E-state index contributed by atoms with van der Waals surface area (Å²) in [6.07, 6.45) is 0. The number of hydrogen-bond acceptors (Lipinski definition) is 4. The molecule has 0 radical (unpaired) electrons. The highest BCUT2D eigenvalue weighted by Gasteiger charge is 2.19. The zero-order valence-corrected chi connectivity index (χ0v) is 10.7. The summed E-state index contributed by atoms with van der Waals surface area (Å²) in [5.74, 6) is 0. The normalized spacial score (nSPS) is 13.2. The molecular weight excluding hydrogens is 256 g/mol. The summed E-state index contributed by atoms with van der Waals surface area (Å²) in [5.41, 5.74) is 0.484. The number of fused-ring (bicyclic) bond motifs is 1. The first-order valence-corrected chi connectivity index (χ1v) is 7.34. The molecule has 4 nitrogen and oxygen atoms in total. The van der Waals surface area contributed by atoms with E-state index in [9.17, 15) is 8.42 Å². The molecule has 0 spiro atoms. The van der Waals surface area contributed by atoms with Gasteiger partial charge in [0, 0.05) is 10.4 Å². The lowest BCUT2D eigenvalue weighted by atomic mass is 10.2. The molecule has 0 fully saturated rings. The Labute approximate surface area is 104 Å². The van der Waals surface area contributed by atoms with Crippen LogP contribution in [-0.4, -0.2) is 13.7 Å². The van der Waals surface area contributed by atoms with Gasteiger partial charge in [-0.05, 0) is 42.0 Å². The summed E-state index contributed by atoms with van der Waals surface area (Å²) >= 11 is 1.60. The molecule has 2 rings (SSSR count). The van der Waals surface area contributed by atoms with Crippen molar-refractivity contribution >= 4 is 37.1 Å². The number of anilines is 1. The molecule has 1 aromatic heterocycles. The number of hydrogen-bond donors (Lipinski definition) is 1. The molecular formula is C11H10N2O2S2. The molecule has 1 atom stereocenters. The standard InChI is InChI=1S/C11H10N2O2S2/c1-8(7-12)17(14,15)13-10-2-3-11-9(6-10)4-5-16-11/h2-6,8,13H,1H3. The van der Waals surface area contributed by atoms with Gasteiger partial charge in [-0.2, -0.15) is 5.26 Å². The van der Waals surface area contributed by atoms with E-state index in [2.05, 4.69) is 4.72 Å². The van der Waals surface area contributed by atoms with Crippen molar-refractivity contribution in [3.05, 3.63) is 29.6 Å². The molecule has 0 amide bonds. The quantitative estimate of drug-likeness (QED) is 0.928. The van der Waals surface area contributed by atoms with Crippen LogP contribution in [0.4, 0.5) is 5.69 Å². The van der Waals surface area contributed by atoms with Gasteiger partial charge >= 0.3 is 0 Å². The third-order valence-corrected chi connectivity index (χ3v) is 4.81. The third-order valence-electron chi connectivity index (χ3n) is 2.36. The second-order valence-corrected chi connectivity index (χ2v) is 6.54. The van der Waals surface area contributed by atoms with E-state index in [1.807, 2.05) is 17.5 Å². The Balaban J connectivity index is 2.33. The fourth-order valence-corrected chi connectivity index (χ4v) is 2.89. The van der Waals surface area contributed by atoms with Crippen LogP contribution in [0.1, 0.15) is 6.92 Å². The highest BCUT2D eigenvalue weighted by Crippen LogP contribution is 2.24. The Morgan fingerprint density at radius 2 is 2.18 bits per heavy atom. The Hall–Kier alpha value is -1.58. The first-order valence-electron chi connectivity index (χ1n) is 4.91. The van der Waals surface area contributed by atoms with E-state index in [4.69, 9.17) is 5.26 Å². The van der Waals surface area contributed by atoms with Crippen LogP contribution < -0.4 is 4.72 Å². The molecule has 0 bridgehead atoms. The molecule has 2 aromatic rings. The first kappa shape index (κ1) is 11.9. The predicted octanol–water partition coefficient (Wildman–Crippen LogP) is 2.56. The number of nitrogens with zero attached hydrogens (tertiary/aromatic N) is 1. The number of nitrogens with one attached hydrogen (secondary N) is 1. The van der Waals surface area contributed by atoms with Gasteiger partial charge in [0.25, 0.3) is 0 Å². The number of rotatable bonds is 3. The van der Waals surface area contributed by atoms with Crippen molar-refractivity contribution in [1.82, 2.24) is 0 Å². The van der Waals surface area contributed by atoms with Crippen molar-refractivity contribution in [2.75, 3.05) is 4.72 Å². The van der Waals surface area contributed by atoms with Crippen LogP contribution in [0.2, 0.25) is 0 Å². The maximum atomic E-state index is 11.7. The molecule has 1 aromatic carbocycles. The Bertz CT molecular complexity index is 683. The summed E-state index contributed by atoms with van der Waals surface area (Å²) in [6.45, 7) is 1.35. The molecule has 0 saturated carbocycles. The lowest BCUT2D eigenvalue weighted by Crippen LogP contribution is -2.23. The monoisotopic (exact) mass is 266 g/mol. The fraction of sp³-hybridized carbons (Fsp3) is 0.182. The minimum atomic E-state index is -3.62. The van der Waals surface area contributed by atoms with Gasteiger partial charge in [-0.3, -0.25) is 4.72 Å². The van der Waals surface area contributed by atoms with Gasteiger partial charge < -0.3 is 0 Å². The lowest BCUT2D eigenvalue weighted by Gasteiger charge is -2.09. The van der Waals surface area contributed by atoms with E-state index >= 15 is 0 Å². The highest BCUT2D eigenvalue weighted by atomic mass is 32.2. The Kier molecular flexibility index (Phi) is 3.05. The van der Waals surface area contributed by atoms with Crippen LogP contribution in [0.5, 0.6) is 0 Å². The van der Waals surface area contributed by atoms with Crippen LogP contribution in [0, 0.1) is 11.3 Å². The second-order valence-electron chi connectivity index (χ2n) is 3.59.